The van der Waals surface area contributed by atoms with Gasteiger partial charge in [-0.1, -0.05) is 17.3 Å². The number of rotatable bonds is 5. The number of sulfonamides is 1. The average Bonchev–Trinajstić information content (AvgIpc) is 2.71. The van der Waals surface area contributed by atoms with Gasteiger partial charge in [-0.3, -0.25) is 4.72 Å². The second kappa shape index (κ2) is 5.93. The molecule has 114 valence electrons. The lowest BCUT2D eigenvalue weighted by molar-refractivity contribution is -0.0493. The molecule has 0 aliphatic rings. The number of hydrogen-bond acceptors (Lipinski definition) is 5. The molecule has 0 amide bonds. The molecule has 21 heavy (non-hydrogen) atoms. The predicted molar refractivity (Wildman–Crippen MR) is 72.6 cm³/mol. The van der Waals surface area contributed by atoms with Crippen LogP contribution in [0.25, 0.3) is 0 Å². The maximum atomic E-state index is 12.3. The number of benzene rings is 1. The third-order valence-electron chi connectivity index (χ3n) is 2.34. The van der Waals surface area contributed by atoms with Crippen molar-refractivity contribution in [3.63, 3.8) is 0 Å². The summed E-state index contributed by atoms with van der Waals surface area (Å²) in [7, 11) is -2.69. The number of halogens is 3. The van der Waals surface area contributed by atoms with Crippen molar-refractivity contribution < 1.29 is 21.9 Å². The van der Waals surface area contributed by atoms with Gasteiger partial charge in [-0.25, -0.2) is 4.68 Å². The summed E-state index contributed by atoms with van der Waals surface area (Å²) >= 11 is 2.96. The van der Waals surface area contributed by atoms with Crippen LogP contribution in [-0.2, 0) is 17.1 Å². The highest BCUT2D eigenvalue weighted by Gasteiger charge is 2.25. The van der Waals surface area contributed by atoms with E-state index < -0.39 is 16.6 Å². The van der Waals surface area contributed by atoms with Crippen molar-refractivity contribution in [3.8, 4) is 5.75 Å². The molecular weight excluding hydrogens is 374 g/mol. The van der Waals surface area contributed by atoms with Crippen molar-refractivity contribution in [1.82, 2.24) is 15.0 Å². The molecule has 0 unspecified atom stereocenters. The first kappa shape index (κ1) is 15.6. The first-order valence-electron chi connectivity index (χ1n) is 5.43. The summed E-state index contributed by atoms with van der Waals surface area (Å²) in [5, 5.41) is 6.86. The molecule has 1 aromatic carbocycles. The number of alkyl halides is 2. The zero-order valence-corrected chi connectivity index (χ0v) is 12.9. The van der Waals surface area contributed by atoms with Gasteiger partial charge in [0.15, 0.2) is 4.60 Å². The number of anilines is 1. The Hall–Kier alpha value is -1.75. The number of hydrogen-bond donors (Lipinski definition) is 1. The van der Waals surface area contributed by atoms with Gasteiger partial charge >= 0.3 is 6.61 Å². The second-order valence-corrected chi connectivity index (χ2v) is 6.14. The molecule has 0 fully saturated rings. The van der Waals surface area contributed by atoms with Crippen LogP contribution in [0.15, 0.2) is 33.9 Å². The molecule has 1 heterocycles. The second-order valence-electron chi connectivity index (χ2n) is 3.79. The van der Waals surface area contributed by atoms with Crippen LogP contribution >= 0.6 is 15.9 Å². The summed E-state index contributed by atoms with van der Waals surface area (Å²) in [5.74, 6) is -0.290. The average molecular weight is 383 g/mol. The van der Waals surface area contributed by atoms with Gasteiger partial charge in [-0.05, 0) is 28.1 Å². The number of nitrogens with zero attached hydrogens (tertiary/aromatic N) is 3. The molecule has 0 bridgehead atoms. The Morgan fingerprint density at radius 2 is 2.05 bits per heavy atom. The van der Waals surface area contributed by atoms with Crippen molar-refractivity contribution >= 4 is 31.6 Å². The zero-order chi connectivity index (χ0) is 15.6. The Kier molecular flexibility index (Phi) is 4.42. The molecule has 11 heteroatoms. The summed E-state index contributed by atoms with van der Waals surface area (Å²) in [6, 6.07) is 5.44. The monoisotopic (exact) mass is 382 g/mol. The van der Waals surface area contributed by atoms with Gasteiger partial charge in [0.1, 0.15) is 5.75 Å². The molecule has 7 nitrogen and oxygen atoms in total. The van der Waals surface area contributed by atoms with Crippen molar-refractivity contribution in [2.45, 2.75) is 11.6 Å². The maximum Gasteiger partial charge on any atom is 0.387 e. The number of aryl methyl sites for hydroxylation is 1. The number of aromatic nitrogens is 3. The van der Waals surface area contributed by atoms with E-state index in [0.29, 0.717) is 0 Å². The van der Waals surface area contributed by atoms with E-state index in [4.69, 9.17) is 0 Å². The minimum absolute atomic E-state index is 0.00441. The van der Waals surface area contributed by atoms with Crippen LogP contribution in [0.4, 0.5) is 14.5 Å². The van der Waals surface area contributed by atoms with Crippen LogP contribution in [-0.4, -0.2) is 30.0 Å². The van der Waals surface area contributed by atoms with E-state index >= 15 is 0 Å². The lowest BCUT2D eigenvalue weighted by Gasteiger charge is -2.12. The Morgan fingerprint density at radius 1 is 1.38 bits per heavy atom. The van der Waals surface area contributed by atoms with Crippen LogP contribution < -0.4 is 9.46 Å². The van der Waals surface area contributed by atoms with Gasteiger partial charge in [0.2, 0.25) is 5.03 Å². The normalized spacial score (nSPS) is 11.7. The molecule has 1 N–H and O–H groups in total. The Labute approximate surface area is 127 Å². The summed E-state index contributed by atoms with van der Waals surface area (Å²) in [5.41, 5.74) is -0.120. The lowest BCUT2D eigenvalue weighted by atomic mass is 10.3. The van der Waals surface area contributed by atoms with E-state index in [9.17, 15) is 17.2 Å². The molecule has 2 aromatic rings. The maximum absolute atomic E-state index is 12.3. The van der Waals surface area contributed by atoms with Crippen molar-refractivity contribution in [3.05, 3.63) is 28.9 Å². The van der Waals surface area contributed by atoms with Crippen LogP contribution in [0, 0.1) is 0 Å². The quantitative estimate of drug-likeness (QED) is 0.854. The van der Waals surface area contributed by atoms with E-state index in [0.717, 1.165) is 4.68 Å². The highest BCUT2D eigenvalue weighted by Crippen LogP contribution is 2.29. The Balaban J connectivity index is 2.38. The van der Waals surface area contributed by atoms with Crippen molar-refractivity contribution in [2.24, 2.45) is 7.05 Å². The van der Waals surface area contributed by atoms with Crippen molar-refractivity contribution in [1.29, 1.82) is 0 Å². The smallest absolute Gasteiger partial charge is 0.387 e. The third-order valence-corrected chi connectivity index (χ3v) is 4.59. The Morgan fingerprint density at radius 3 is 2.62 bits per heavy atom. The van der Waals surface area contributed by atoms with Gasteiger partial charge in [-0.15, -0.1) is 5.10 Å². The number of nitrogens with one attached hydrogen (secondary N) is 1. The van der Waals surface area contributed by atoms with Gasteiger partial charge in [0, 0.05) is 7.05 Å². The number of para-hydroxylation sites is 2. The summed E-state index contributed by atoms with van der Waals surface area (Å²) in [6.45, 7) is -3.07. The van der Waals surface area contributed by atoms with Crippen LogP contribution in [0.1, 0.15) is 0 Å². The van der Waals surface area contributed by atoms with Crippen LogP contribution in [0.3, 0.4) is 0 Å². The molecule has 0 aliphatic carbocycles. The standard InChI is InChI=1S/C10H9BrF2N4O3S/c1-17-9(8(11)14-16-17)21(18,19)15-6-4-2-3-5-7(6)20-10(12)13/h2-5,10,15H,1H3. The predicted octanol–water partition coefficient (Wildman–Crippen LogP) is 1.98. The largest absolute Gasteiger partial charge is 0.433 e. The van der Waals surface area contributed by atoms with Crippen LogP contribution in [0.5, 0.6) is 5.75 Å². The number of ether oxygens (including phenoxy) is 1. The molecule has 0 radical (unpaired) electrons. The van der Waals surface area contributed by atoms with E-state index in [1.807, 2.05) is 0 Å². The Bertz CT molecular complexity index is 731. The minimum atomic E-state index is -4.07. The third kappa shape index (κ3) is 3.47. The van der Waals surface area contributed by atoms with Gasteiger partial charge < -0.3 is 4.74 Å². The van der Waals surface area contributed by atoms with E-state index in [-0.39, 0.29) is 21.1 Å². The summed E-state index contributed by atoms with van der Waals surface area (Å²) in [6.07, 6.45) is 0. The summed E-state index contributed by atoms with van der Waals surface area (Å²) in [4.78, 5) is 0. The summed E-state index contributed by atoms with van der Waals surface area (Å²) < 4.78 is 56.6. The van der Waals surface area contributed by atoms with Crippen molar-refractivity contribution in [2.75, 3.05) is 4.72 Å². The fourth-order valence-corrected chi connectivity index (χ4v) is 3.72. The molecule has 0 aliphatic heterocycles. The molecule has 2 rings (SSSR count). The topological polar surface area (TPSA) is 86.1 Å². The first-order chi connectivity index (χ1) is 9.81. The van der Waals surface area contributed by atoms with Gasteiger partial charge in [0.05, 0.1) is 5.69 Å². The lowest BCUT2D eigenvalue weighted by Crippen LogP contribution is -2.18. The fraction of sp³-hybridized carbons (Fsp3) is 0.200. The van der Waals surface area contributed by atoms with E-state index in [2.05, 4.69) is 35.7 Å². The first-order valence-corrected chi connectivity index (χ1v) is 7.70. The SMILES string of the molecule is Cn1nnc(Br)c1S(=O)(=O)Nc1ccccc1OC(F)F. The van der Waals surface area contributed by atoms with Gasteiger partial charge in [-0.2, -0.15) is 17.2 Å². The highest BCUT2D eigenvalue weighted by molar-refractivity contribution is 9.10. The van der Waals surface area contributed by atoms with E-state index in [1.165, 1.54) is 31.3 Å². The molecule has 1 aromatic heterocycles. The molecule has 0 saturated heterocycles. The van der Waals surface area contributed by atoms with Gasteiger partial charge in [0.25, 0.3) is 10.0 Å². The molecule has 0 saturated carbocycles. The fourth-order valence-electron chi connectivity index (χ4n) is 1.55. The molecular formula is C10H9BrF2N4O3S. The molecule has 0 spiro atoms. The minimum Gasteiger partial charge on any atom is -0.433 e. The van der Waals surface area contributed by atoms with Crippen LogP contribution in [0.2, 0.25) is 0 Å². The zero-order valence-electron chi connectivity index (χ0n) is 10.5. The van der Waals surface area contributed by atoms with E-state index in [1.54, 1.807) is 0 Å². The highest BCUT2D eigenvalue weighted by atomic mass is 79.9. The molecule has 0 atom stereocenters.